The fourth-order valence-electron chi connectivity index (χ4n) is 4.50. The van der Waals surface area contributed by atoms with Crippen molar-refractivity contribution >= 4 is 16.7 Å². The Bertz CT molecular complexity index is 1680. The van der Waals surface area contributed by atoms with E-state index in [9.17, 15) is 9.90 Å². The zero-order valence-electron chi connectivity index (χ0n) is 20.6. The topological polar surface area (TPSA) is 118 Å². The van der Waals surface area contributed by atoms with Gasteiger partial charge >= 0.3 is 0 Å². The molecule has 0 aliphatic rings. The van der Waals surface area contributed by atoms with Crippen molar-refractivity contribution in [3.63, 3.8) is 0 Å². The van der Waals surface area contributed by atoms with Gasteiger partial charge in [0.1, 0.15) is 11.8 Å². The Kier molecular flexibility index (Phi) is 6.15. The molecule has 8 nitrogen and oxygen atoms in total. The van der Waals surface area contributed by atoms with Crippen LogP contribution in [0.25, 0.3) is 45.2 Å². The second kappa shape index (κ2) is 9.91. The van der Waals surface area contributed by atoms with Crippen molar-refractivity contribution in [2.75, 3.05) is 0 Å². The van der Waals surface area contributed by atoms with E-state index in [4.69, 9.17) is 9.05 Å². The first-order valence-corrected chi connectivity index (χ1v) is 12.3. The van der Waals surface area contributed by atoms with Gasteiger partial charge in [-0.25, -0.2) is 0 Å². The first-order chi connectivity index (χ1) is 18.6. The summed E-state index contributed by atoms with van der Waals surface area (Å²) < 4.78 is 11.0. The SMILES string of the molecule is Cc1c(-c2ccccc2)noc1-c1nc(-c2ccc(C(O)C(=O)CCc3cc4ccccc4[nH]3)cc2)no1. The molecule has 38 heavy (non-hydrogen) atoms. The molecule has 0 bridgehead atoms. The molecule has 0 radical (unpaired) electrons. The van der Waals surface area contributed by atoms with Crippen molar-refractivity contribution in [1.82, 2.24) is 20.3 Å². The first kappa shape index (κ1) is 23.6. The third-order valence-electron chi connectivity index (χ3n) is 6.61. The zero-order chi connectivity index (χ0) is 26.1. The second-order valence-electron chi connectivity index (χ2n) is 9.15. The average molecular weight is 505 g/mol. The molecule has 3 heterocycles. The van der Waals surface area contributed by atoms with Gasteiger partial charge in [0, 0.05) is 34.3 Å². The van der Waals surface area contributed by atoms with Gasteiger partial charge in [0.25, 0.3) is 5.89 Å². The fourth-order valence-corrected chi connectivity index (χ4v) is 4.50. The van der Waals surface area contributed by atoms with Gasteiger partial charge in [-0.2, -0.15) is 4.98 Å². The van der Waals surface area contributed by atoms with Crippen LogP contribution < -0.4 is 0 Å². The number of fused-ring (bicyclic) bond motifs is 1. The summed E-state index contributed by atoms with van der Waals surface area (Å²) in [5, 5.41) is 20.0. The number of nitrogens with one attached hydrogen (secondary N) is 1. The maximum absolute atomic E-state index is 12.7. The first-order valence-electron chi connectivity index (χ1n) is 12.3. The van der Waals surface area contributed by atoms with Gasteiger partial charge in [0.2, 0.25) is 11.6 Å². The Morgan fingerprint density at radius 3 is 2.47 bits per heavy atom. The van der Waals surface area contributed by atoms with E-state index in [1.54, 1.807) is 24.3 Å². The largest absolute Gasteiger partial charge is 0.381 e. The highest BCUT2D eigenvalue weighted by Crippen LogP contribution is 2.32. The predicted octanol–water partition coefficient (Wildman–Crippen LogP) is 6.08. The summed E-state index contributed by atoms with van der Waals surface area (Å²) in [4.78, 5) is 20.4. The molecule has 6 aromatic rings. The highest BCUT2D eigenvalue weighted by molar-refractivity contribution is 5.85. The number of Topliss-reactive ketones (excluding diaryl/α,β-unsaturated/α-hetero) is 1. The highest BCUT2D eigenvalue weighted by Gasteiger charge is 2.22. The van der Waals surface area contributed by atoms with E-state index in [0.717, 1.165) is 27.7 Å². The van der Waals surface area contributed by atoms with Crippen LogP contribution in [0.3, 0.4) is 0 Å². The number of nitrogens with zero attached hydrogens (tertiary/aromatic N) is 3. The van der Waals surface area contributed by atoms with Crippen LogP contribution in [0.2, 0.25) is 0 Å². The van der Waals surface area contributed by atoms with E-state index in [1.165, 1.54) is 0 Å². The molecule has 1 unspecified atom stereocenters. The van der Waals surface area contributed by atoms with E-state index in [-0.39, 0.29) is 18.1 Å². The summed E-state index contributed by atoms with van der Waals surface area (Å²) in [6.45, 7) is 1.89. The van der Waals surface area contributed by atoms with Gasteiger partial charge in [-0.3, -0.25) is 4.79 Å². The lowest BCUT2D eigenvalue weighted by Crippen LogP contribution is -2.12. The van der Waals surface area contributed by atoms with E-state index in [1.807, 2.05) is 67.6 Å². The summed E-state index contributed by atoms with van der Waals surface area (Å²) in [6.07, 6.45) is -0.449. The zero-order valence-corrected chi connectivity index (χ0v) is 20.6. The maximum atomic E-state index is 12.7. The Labute approximate surface area is 217 Å². The monoisotopic (exact) mass is 504 g/mol. The lowest BCUT2D eigenvalue weighted by atomic mass is 10.0. The van der Waals surface area contributed by atoms with E-state index >= 15 is 0 Å². The predicted molar refractivity (Wildman–Crippen MR) is 142 cm³/mol. The molecule has 0 fully saturated rings. The normalized spacial score (nSPS) is 12.2. The van der Waals surface area contributed by atoms with Crippen LogP contribution in [-0.2, 0) is 11.2 Å². The summed E-state index contributed by atoms with van der Waals surface area (Å²) >= 11 is 0. The third-order valence-corrected chi connectivity index (χ3v) is 6.61. The molecule has 3 aromatic carbocycles. The molecule has 0 aliphatic carbocycles. The number of carbonyl (C=O) groups is 1. The second-order valence-corrected chi connectivity index (χ2v) is 9.15. The number of ketones is 1. The standard InChI is InChI=1S/C30H24N4O4/c1-18-26(19-7-3-2-4-8-19)33-37-28(18)30-32-29(34-38-30)21-13-11-20(12-14-21)27(36)25(35)16-15-23-17-22-9-5-6-10-24(22)31-23/h2-14,17,27,31,36H,15-16H2,1H3. The molecule has 2 N–H and O–H groups in total. The number of aromatic amines is 1. The van der Waals surface area contributed by atoms with Crippen molar-refractivity contribution in [1.29, 1.82) is 0 Å². The summed E-state index contributed by atoms with van der Waals surface area (Å²) in [5.41, 5.74) is 5.65. The van der Waals surface area contributed by atoms with Crippen molar-refractivity contribution in [3.05, 3.63) is 102 Å². The molecule has 6 rings (SSSR count). The van der Waals surface area contributed by atoms with Gasteiger partial charge in [0.15, 0.2) is 5.78 Å². The molecule has 0 saturated heterocycles. The Morgan fingerprint density at radius 1 is 0.921 bits per heavy atom. The molecule has 3 aromatic heterocycles. The molecular formula is C30H24N4O4. The molecule has 188 valence electrons. The molecule has 0 saturated carbocycles. The van der Waals surface area contributed by atoms with Gasteiger partial charge in [0.05, 0.1) is 0 Å². The number of para-hydroxylation sites is 1. The summed E-state index contributed by atoms with van der Waals surface area (Å²) in [6, 6.07) is 26.6. The number of aliphatic hydroxyl groups is 1. The lowest BCUT2D eigenvalue weighted by molar-refractivity contribution is -0.127. The van der Waals surface area contributed by atoms with Crippen LogP contribution in [0.1, 0.15) is 29.3 Å². The summed E-state index contributed by atoms with van der Waals surface area (Å²) in [5.74, 6) is 0.759. The van der Waals surface area contributed by atoms with Crippen LogP contribution >= 0.6 is 0 Å². The molecule has 1 atom stereocenters. The van der Waals surface area contributed by atoms with Gasteiger partial charge in [-0.05, 0) is 36.4 Å². The number of H-pyrrole nitrogens is 1. The quantitative estimate of drug-likeness (QED) is 0.258. The number of hydrogen-bond acceptors (Lipinski definition) is 7. The number of hydrogen-bond donors (Lipinski definition) is 2. The molecule has 8 heteroatoms. The van der Waals surface area contributed by atoms with Crippen molar-refractivity contribution in [2.45, 2.75) is 25.9 Å². The number of rotatable bonds is 8. The van der Waals surface area contributed by atoms with Gasteiger partial charge < -0.3 is 19.1 Å². The van der Waals surface area contributed by atoms with Crippen molar-refractivity contribution < 1.29 is 18.9 Å². The Balaban J connectivity index is 1.13. The maximum Gasteiger partial charge on any atom is 0.297 e. The van der Waals surface area contributed by atoms with Crippen LogP contribution in [0.5, 0.6) is 0 Å². The molecule has 0 aliphatic heterocycles. The van der Waals surface area contributed by atoms with E-state index in [2.05, 4.69) is 20.3 Å². The number of benzene rings is 3. The number of aromatic nitrogens is 4. The molecular weight excluding hydrogens is 480 g/mol. The minimum Gasteiger partial charge on any atom is -0.381 e. The van der Waals surface area contributed by atoms with Crippen molar-refractivity contribution in [3.8, 4) is 34.3 Å². The fraction of sp³-hybridized carbons (Fsp3) is 0.133. The van der Waals surface area contributed by atoms with Crippen molar-refractivity contribution in [2.24, 2.45) is 0 Å². The smallest absolute Gasteiger partial charge is 0.297 e. The number of aryl methyl sites for hydroxylation is 1. The van der Waals surface area contributed by atoms with E-state index in [0.29, 0.717) is 34.8 Å². The minimum atomic E-state index is -1.21. The Morgan fingerprint density at radius 2 is 1.68 bits per heavy atom. The lowest BCUT2D eigenvalue weighted by Gasteiger charge is -2.10. The summed E-state index contributed by atoms with van der Waals surface area (Å²) in [7, 11) is 0. The van der Waals surface area contributed by atoms with Gasteiger partial charge in [-0.15, -0.1) is 0 Å². The van der Waals surface area contributed by atoms with Crippen LogP contribution in [-0.4, -0.2) is 31.2 Å². The van der Waals surface area contributed by atoms with Crippen LogP contribution in [0.4, 0.5) is 0 Å². The number of carbonyl (C=O) groups excluding carboxylic acids is 1. The van der Waals surface area contributed by atoms with Crippen LogP contribution in [0, 0.1) is 6.92 Å². The highest BCUT2D eigenvalue weighted by atomic mass is 16.5. The third kappa shape index (κ3) is 4.53. The Hall–Kier alpha value is -4.82. The number of aliphatic hydroxyl groups excluding tert-OH is 1. The molecule has 0 spiro atoms. The minimum absolute atomic E-state index is 0.225. The molecule has 0 amide bonds. The van der Waals surface area contributed by atoms with Crippen LogP contribution in [0.15, 0.2) is 94.0 Å². The van der Waals surface area contributed by atoms with Gasteiger partial charge in [-0.1, -0.05) is 83.1 Å². The van der Waals surface area contributed by atoms with E-state index < -0.39 is 6.10 Å². The average Bonchev–Trinajstić information content (AvgIpc) is 3.70.